The van der Waals surface area contributed by atoms with Crippen molar-refractivity contribution in [1.82, 2.24) is 10.3 Å². The van der Waals surface area contributed by atoms with Crippen molar-refractivity contribution in [1.29, 1.82) is 0 Å². The van der Waals surface area contributed by atoms with Crippen molar-refractivity contribution in [3.05, 3.63) is 64.1 Å². The van der Waals surface area contributed by atoms with Crippen LogP contribution in [0.15, 0.2) is 58.6 Å². The van der Waals surface area contributed by atoms with E-state index in [1.54, 1.807) is 6.20 Å². The number of morpholine rings is 1. The normalized spacial score (nSPS) is 20.4. The maximum absolute atomic E-state index is 12.9. The third-order valence-corrected chi connectivity index (χ3v) is 8.90. The fourth-order valence-corrected chi connectivity index (χ4v) is 6.49. The molecule has 3 heterocycles. The summed E-state index contributed by atoms with van der Waals surface area (Å²) in [4.78, 5) is 25.0. The Bertz CT molecular complexity index is 1190. The molecule has 0 spiro atoms. The van der Waals surface area contributed by atoms with Crippen LogP contribution >= 0.6 is 19.9 Å². The Labute approximate surface area is 252 Å². The van der Waals surface area contributed by atoms with E-state index in [1.165, 1.54) is 23.1 Å². The van der Waals surface area contributed by atoms with Crippen molar-refractivity contribution < 1.29 is 9.53 Å². The Morgan fingerprint density at radius 1 is 1.20 bits per heavy atom. The number of nitrogens with zero attached hydrogens (tertiary/aromatic N) is 3. The highest BCUT2D eigenvalue weighted by Gasteiger charge is 2.21. The lowest BCUT2D eigenvalue weighted by Gasteiger charge is -2.26. The molecule has 41 heavy (non-hydrogen) atoms. The molecular weight excluding hydrogens is 549 g/mol. The van der Waals surface area contributed by atoms with Gasteiger partial charge in [-0.3, -0.25) is 15.1 Å². The highest BCUT2D eigenvalue weighted by atomic mass is 32.1. The van der Waals surface area contributed by atoms with Gasteiger partial charge in [0.1, 0.15) is 4.88 Å². The van der Waals surface area contributed by atoms with Crippen LogP contribution < -0.4 is 15.5 Å². The van der Waals surface area contributed by atoms with Gasteiger partial charge in [-0.05, 0) is 48.7 Å². The highest BCUT2D eigenvalue weighted by molar-refractivity contribution is 7.45. The SMILES string of the molecule is CCC.CCC/C=C1/N=CC(NC(C)c2cccc(NC(=O)c3cnc(N4CCOCC4)s3)c2)P/C1=C\CC(C)C. The summed E-state index contributed by atoms with van der Waals surface area (Å²) in [5.74, 6) is 0.688. The zero-order chi connectivity index (χ0) is 29.6. The van der Waals surface area contributed by atoms with Crippen LogP contribution in [0.2, 0.25) is 0 Å². The Hall–Kier alpha value is -2.38. The second-order valence-electron chi connectivity index (χ2n) is 10.8. The number of aromatic nitrogens is 1. The minimum Gasteiger partial charge on any atom is -0.378 e. The van der Waals surface area contributed by atoms with E-state index in [0.717, 1.165) is 54.4 Å². The molecule has 3 unspecified atom stereocenters. The molecule has 0 aliphatic carbocycles. The average molecular weight is 598 g/mol. The standard InChI is InChI=1S/C29H40N5O2PS.C3H8/c1-5-6-10-24-25(12-11-20(2)3)37-27(19-30-24)32-21(4)22-8-7-9-23(17-22)33-28(35)26-18-31-29(38-26)34-13-15-36-16-14-34;1-3-2/h7-10,12,17-21,27,32,37H,5-6,11,13-16H2,1-4H3,(H,33,35);3H2,1-2H3/b24-10+,25-12-;. The van der Waals surface area contributed by atoms with Gasteiger partial charge < -0.3 is 15.0 Å². The number of carbonyl (C=O) groups is 1. The van der Waals surface area contributed by atoms with E-state index in [4.69, 9.17) is 9.73 Å². The number of hydrogen-bond donors (Lipinski definition) is 2. The number of nitrogens with one attached hydrogen (secondary N) is 2. The first-order chi connectivity index (χ1) is 19.8. The second kappa shape index (κ2) is 17.5. The van der Waals surface area contributed by atoms with Gasteiger partial charge in [-0.25, -0.2) is 4.98 Å². The summed E-state index contributed by atoms with van der Waals surface area (Å²) in [6.07, 6.45) is 12.9. The molecule has 2 aliphatic rings. The molecule has 3 atom stereocenters. The average Bonchev–Trinajstić information content (AvgIpc) is 3.47. The second-order valence-corrected chi connectivity index (χ2v) is 13.3. The highest BCUT2D eigenvalue weighted by Crippen LogP contribution is 2.39. The van der Waals surface area contributed by atoms with Crippen LogP contribution in [0.4, 0.5) is 10.8 Å². The molecule has 1 saturated heterocycles. The smallest absolute Gasteiger partial charge is 0.267 e. The Kier molecular flexibility index (Phi) is 14.2. The molecule has 1 aromatic heterocycles. The fourth-order valence-electron chi connectivity index (χ4n) is 4.26. The van der Waals surface area contributed by atoms with Crippen molar-refractivity contribution >= 4 is 42.9 Å². The van der Waals surface area contributed by atoms with E-state index in [9.17, 15) is 4.79 Å². The first kappa shape index (κ1) is 33.1. The fraction of sp³-hybridized carbons (Fsp3) is 0.531. The van der Waals surface area contributed by atoms with Crippen LogP contribution in [0.1, 0.15) is 88.5 Å². The van der Waals surface area contributed by atoms with Crippen LogP contribution in [0.5, 0.6) is 0 Å². The maximum atomic E-state index is 12.9. The van der Waals surface area contributed by atoms with Gasteiger partial charge in [0.25, 0.3) is 5.91 Å². The molecule has 1 fully saturated rings. The van der Waals surface area contributed by atoms with Gasteiger partial charge in [-0.15, -0.1) is 0 Å². The van der Waals surface area contributed by atoms with E-state index in [-0.39, 0.29) is 17.7 Å². The monoisotopic (exact) mass is 597 g/mol. The summed E-state index contributed by atoms with van der Waals surface area (Å²) in [6.45, 7) is 16.1. The third-order valence-electron chi connectivity index (χ3n) is 6.44. The van der Waals surface area contributed by atoms with E-state index < -0.39 is 0 Å². The maximum Gasteiger partial charge on any atom is 0.267 e. The van der Waals surface area contributed by atoms with Gasteiger partial charge in [-0.1, -0.05) is 91.7 Å². The number of thiazole rings is 1. The molecule has 7 nitrogen and oxygen atoms in total. The molecule has 2 aliphatic heterocycles. The molecule has 0 radical (unpaired) electrons. The molecule has 224 valence electrons. The Balaban J connectivity index is 0.00000147. The van der Waals surface area contributed by atoms with E-state index >= 15 is 0 Å². The number of aliphatic imine (C=N–C) groups is 1. The molecule has 2 N–H and O–H groups in total. The molecule has 1 amide bonds. The predicted octanol–water partition coefficient (Wildman–Crippen LogP) is 8.00. The molecule has 9 heteroatoms. The molecule has 0 saturated carbocycles. The molecule has 2 aromatic rings. The summed E-state index contributed by atoms with van der Waals surface area (Å²) < 4.78 is 5.41. The number of unbranched alkanes of at least 4 members (excludes halogenated alkanes) is 1. The number of benzene rings is 1. The van der Waals surface area contributed by atoms with Gasteiger partial charge in [0, 0.05) is 31.0 Å². The van der Waals surface area contributed by atoms with E-state index in [1.807, 2.05) is 18.2 Å². The topological polar surface area (TPSA) is 78.8 Å². The third kappa shape index (κ3) is 10.8. The molecule has 0 bridgehead atoms. The summed E-state index contributed by atoms with van der Waals surface area (Å²) in [7, 11) is 0.636. The van der Waals surface area contributed by atoms with Crippen molar-refractivity contribution in [2.45, 2.75) is 79.1 Å². The number of rotatable bonds is 10. The number of ether oxygens (including phenoxy) is 1. The Morgan fingerprint density at radius 3 is 2.66 bits per heavy atom. The first-order valence-electron chi connectivity index (χ1n) is 15.0. The van der Waals surface area contributed by atoms with Crippen molar-refractivity contribution in [3.63, 3.8) is 0 Å². The summed E-state index contributed by atoms with van der Waals surface area (Å²) in [5.41, 5.74) is 3.05. The minimum atomic E-state index is -0.132. The molecule has 1 aromatic carbocycles. The number of amides is 1. The summed E-state index contributed by atoms with van der Waals surface area (Å²) in [6, 6.07) is 8.18. The van der Waals surface area contributed by atoms with Gasteiger partial charge in [0.05, 0.1) is 30.9 Å². The van der Waals surface area contributed by atoms with Crippen LogP contribution in [-0.4, -0.2) is 49.2 Å². The lowest BCUT2D eigenvalue weighted by molar-refractivity contribution is 0.103. The minimum absolute atomic E-state index is 0.111. The lowest BCUT2D eigenvalue weighted by Crippen LogP contribution is -2.36. The summed E-state index contributed by atoms with van der Waals surface area (Å²) >= 11 is 1.42. The quantitative estimate of drug-likeness (QED) is 0.271. The zero-order valence-corrected chi connectivity index (χ0v) is 27.4. The van der Waals surface area contributed by atoms with Crippen LogP contribution in [0.25, 0.3) is 0 Å². The first-order valence-corrected chi connectivity index (χ1v) is 16.9. The molecule has 4 rings (SSSR count). The van der Waals surface area contributed by atoms with Crippen molar-refractivity contribution in [2.24, 2.45) is 10.9 Å². The zero-order valence-electron chi connectivity index (χ0n) is 25.6. The number of hydrogen-bond acceptors (Lipinski definition) is 7. The largest absolute Gasteiger partial charge is 0.378 e. The van der Waals surface area contributed by atoms with Gasteiger partial charge in [0.2, 0.25) is 0 Å². The van der Waals surface area contributed by atoms with Gasteiger partial charge in [-0.2, -0.15) is 0 Å². The van der Waals surface area contributed by atoms with Crippen LogP contribution in [0, 0.1) is 5.92 Å². The van der Waals surface area contributed by atoms with Gasteiger partial charge in [0.15, 0.2) is 5.13 Å². The van der Waals surface area contributed by atoms with Gasteiger partial charge >= 0.3 is 0 Å². The number of carbonyl (C=O) groups excluding carboxylic acids is 1. The predicted molar refractivity (Wildman–Crippen MR) is 178 cm³/mol. The lowest BCUT2D eigenvalue weighted by atomic mass is 10.1. The Morgan fingerprint density at radius 2 is 1.95 bits per heavy atom. The van der Waals surface area contributed by atoms with Crippen LogP contribution in [0.3, 0.4) is 0 Å². The van der Waals surface area contributed by atoms with Crippen molar-refractivity contribution in [2.75, 3.05) is 36.5 Å². The summed E-state index contributed by atoms with van der Waals surface area (Å²) in [5, 5.41) is 9.02. The number of anilines is 2. The molecular formula is C32H48N5O2PS. The van der Waals surface area contributed by atoms with Crippen LogP contribution in [-0.2, 0) is 4.74 Å². The van der Waals surface area contributed by atoms with Crippen molar-refractivity contribution in [3.8, 4) is 0 Å². The number of allylic oxidation sites excluding steroid dienone is 3. The van der Waals surface area contributed by atoms with E-state index in [0.29, 0.717) is 32.6 Å². The van der Waals surface area contributed by atoms with E-state index in [2.05, 4.69) is 86.5 Å².